The molecule has 1 aromatic heterocycles. The van der Waals surface area contributed by atoms with Crippen LogP contribution in [0.25, 0.3) is 11.4 Å². The zero-order valence-corrected chi connectivity index (χ0v) is 36.4. The fraction of sp³-hybridized carbons (Fsp3) is 0.388. The number of carbonyl (C=O) groups excluding carboxylic acids is 3. The van der Waals surface area contributed by atoms with E-state index >= 15 is 0 Å². The molecule has 3 amide bonds. The van der Waals surface area contributed by atoms with Gasteiger partial charge in [0.1, 0.15) is 6.04 Å². The smallest absolute Gasteiger partial charge is 0.352 e. The van der Waals surface area contributed by atoms with Crippen LogP contribution in [0.3, 0.4) is 0 Å². The molecule has 7 rings (SSSR count). The zero-order valence-electron chi connectivity index (χ0n) is 36.4. The number of aliphatic imine (C=N–C) groups is 1. The molecule has 15 nitrogen and oxygen atoms in total. The number of amides is 3. The quantitative estimate of drug-likeness (QED) is 0.0541. The van der Waals surface area contributed by atoms with Gasteiger partial charge in [-0.2, -0.15) is 9.36 Å². The van der Waals surface area contributed by atoms with Crippen LogP contribution in [0, 0.1) is 5.41 Å². The first-order chi connectivity index (χ1) is 31.1. The van der Waals surface area contributed by atoms with Crippen molar-refractivity contribution in [3.8, 4) is 11.4 Å². The standard InChI is InChI=1S/C49H60N10O5/c50-46(51)53-28-15-25-41(45(62)52-29-16-30-57-47(63)58(39-21-9-3-10-22-39)59(48(57)64)40-23-11-4-12-24-40)54-42(60)35-49(26-13-14-27-49)36-43(61)55-31-33-56(34-32-55)44(37-17-5-1-6-18-37)38-19-7-2-8-20-38/h1-12,17-24,41,44H,13-16,25-36H2,(H,52,62)(H,54,60)(H4,50,51,53). The van der Waals surface area contributed by atoms with Gasteiger partial charge in [-0.15, -0.1) is 0 Å². The summed E-state index contributed by atoms with van der Waals surface area (Å²) >= 11 is 0. The second-order valence-corrected chi connectivity index (χ2v) is 16.9. The van der Waals surface area contributed by atoms with Crippen molar-refractivity contribution in [3.63, 3.8) is 0 Å². The maximum absolute atomic E-state index is 14.0. The Balaban J connectivity index is 0.965. The number of piperazine rings is 1. The van der Waals surface area contributed by atoms with Gasteiger partial charge < -0.3 is 27.0 Å². The SMILES string of the molecule is NC(N)=NCCCC(NC(=O)CC1(CC(=O)N2CCN(C(c3ccccc3)c3ccccc3)CC2)CCCC1)C(=O)NCCCn1c(=O)n(-c2ccccc2)n(-c2ccccc2)c1=O. The number of carbonyl (C=O) groups is 3. The second kappa shape index (κ2) is 21.6. The van der Waals surface area contributed by atoms with Crippen LogP contribution in [-0.2, 0) is 20.9 Å². The van der Waals surface area contributed by atoms with Gasteiger partial charge in [0.25, 0.3) is 0 Å². The summed E-state index contributed by atoms with van der Waals surface area (Å²) in [5.41, 5.74) is 13.1. The van der Waals surface area contributed by atoms with Crippen molar-refractivity contribution < 1.29 is 14.4 Å². The van der Waals surface area contributed by atoms with E-state index in [9.17, 15) is 24.0 Å². The zero-order chi connectivity index (χ0) is 44.9. The Bertz CT molecular complexity index is 2340. The highest BCUT2D eigenvalue weighted by Crippen LogP contribution is 2.44. The van der Waals surface area contributed by atoms with Crippen LogP contribution in [-0.4, -0.2) is 92.7 Å². The molecule has 2 heterocycles. The van der Waals surface area contributed by atoms with Crippen LogP contribution in [0.1, 0.15) is 75.0 Å². The van der Waals surface area contributed by atoms with E-state index in [-0.39, 0.29) is 69.1 Å². The molecule has 4 aromatic carbocycles. The molecule has 2 fully saturated rings. The van der Waals surface area contributed by atoms with Crippen molar-refractivity contribution in [2.45, 2.75) is 76.4 Å². The first-order valence-electron chi connectivity index (χ1n) is 22.4. The topological polar surface area (TPSA) is 195 Å². The minimum Gasteiger partial charge on any atom is -0.370 e. The number of benzene rings is 4. The molecule has 1 saturated carbocycles. The third-order valence-corrected chi connectivity index (χ3v) is 12.5. The number of aromatic nitrogens is 3. The van der Waals surface area contributed by atoms with Crippen LogP contribution in [0.5, 0.6) is 0 Å². The summed E-state index contributed by atoms with van der Waals surface area (Å²) in [4.78, 5) is 77.5. The van der Waals surface area contributed by atoms with E-state index in [1.807, 2.05) is 29.2 Å². The Morgan fingerprint density at radius 3 is 1.70 bits per heavy atom. The Morgan fingerprint density at radius 1 is 0.672 bits per heavy atom. The molecule has 5 aromatic rings. The van der Waals surface area contributed by atoms with E-state index < -0.39 is 28.7 Å². The van der Waals surface area contributed by atoms with Crippen LogP contribution < -0.4 is 33.5 Å². The van der Waals surface area contributed by atoms with Gasteiger partial charge >= 0.3 is 11.4 Å². The first kappa shape index (κ1) is 45.3. The van der Waals surface area contributed by atoms with E-state index in [0.717, 1.165) is 43.3 Å². The van der Waals surface area contributed by atoms with E-state index in [0.29, 0.717) is 30.9 Å². The average Bonchev–Trinajstić information content (AvgIpc) is 3.87. The predicted molar refractivity (Wildman–Crippen MR) is 248 cm³/mol. The van der Waals surface area contributed by atoms with Gasteiger partial charge in [0.05, 0.1) is 17.4 Å². The van der Waals surface area contributed by atoms with Crippen molar-refractivity contribution in [1.82, 2.24) is 34.4 Å². The van der Waals surface area contributed by atoms with Gasteiger partial charge in [-0.05, 0) is 72.9 Å². The fourth-order valence-corrected chi connectivity index (χ4v) is 9.28. The second-order valence-electron chi connectivity index (χ2n) is 16.9. The molecular formula is C49H60N10O5. The highest BCUT2D eigenvalue weighted by Gasteiger charge is 2.40. The molecule has 336 valence electrons. The lowest BCUT2D eigenvalue weighted by Gasteiger charge is -2.41. The average molecular weight is 869 g/mol. The molecule has 1 aliphatic heterocycles. The highest BCUT2D eigenvalue weighted by atomic mass is 16.2. The molecule has 1 aliphatic carbocycles. The summed E-state index contributed by atoms with van der Waals surface area (Å²) in [5, 5.41) is 5.89. The lowest BCUT2D eigenvalue weighted by Crippen LogP contribution is -2.51. The predicted octanol–water partition coefficient (Wildman–Crippen LogP) is 4.11. The van der Waals surface area contributed by atoms with Crippen molar-refractivity contribution >= 4 is 23.7 Å². The molecule has 0 bridgehead atoms. The summed E-state index contributed by atoms with van der Waals surface area (Å²) < 4.78 is 3.85. The fourth-order valence-electron chi connectivity index (χ4n) is 9.28. The monoisotopic (exact) mass is 868 g/mol. The van der Waals surface area contributed by atoms with Crippen molar-refractivity contribution in [1.29, 1.82) is 0 Å². The molecule has 1 unspecified atom stereocenters. The molecule has 6 N–H and O–H groups in total. The lowest BCUT2D eigenvalue weighted by atomic mass is 9.78. The third kappa shape index (κ3) is 11.2. The van der Waals surface area contributed by atoms with Crippen LogP contribution >= 0.6 is 0 Å². The number of guanidine groups is 1. The maximum Gasteiger partial charge on any atom is 0.352 e. The molecule has 15 heteroatoms. The molecule has 2 aliphatic rings. The Kier molecular flexibility index (Phi) is 15.3. The number of nitrogens with two attached hydrogens (primary N) is 2. The van der Waals surface area contributed by atoms with Gasteiger partial charge in [-0.1, -0.05) is 110 Å². The summed E-state index contributed by atoms with van der Waals surface area (Å²) in [6.07, 6.45) is 4.78. The molecule has 64 heavy (non-hydrogen) atoms. The van der Waals surface area contributed by atoms with Gasteiger partial charge in [0.2, 0.25) is 17.7 Å². The third-order valence-electron chi connectivity index (χ3n) is 12.5. The Hall–Kier alpha value is -6.74. The highest BCUT2D eigenvalue weighted by molar-refractivity contribution is 5.88. The van der Waals surface area contributed by atoms with Gasteiger partial charge in [0, 0.05) is 58.7 Å². The molecule has 1 saturated heterocycles. The van der Waals surface area contributed by atoms with Crippen molar-refractivity contribution in [2.24, 2.45) is 21.9 Å². The number of nitrogens with one attached hydrogen (secondary N) is 2. The van der Waals surface area contributed by atoms with Crippen molar-refractivity contribution in [3.05, 3.63) is 153 Å². The van der Waals surface area contributed by atoms with E-state index in [1.165, 1.54) is 20.5 Å². The Labute approximate surface area is 373 Å². The van der Waals surface area contributed by atoms with Crippen LogP contribution in [0.4, 0.5) is 0 Å². The van der Waals surface area contributed by atoms with E-state index in [4.69, 9.17) is 11.5 Å². The minimum absolute atomic E-state index is 0.0539. The van der Waals surface area contributed by atoms with E-state index in [2.05, 4.69) is 69.1 Å². The number of rotatable bonds is 19. The summed E-state index contributed by atoms with van der Waals surface area (Å²) in [6.45, 7) is 3.15. The van der Waals surface area contributed by atoms with E-state index in [1.54, 1.807) is 48.5 Å². The molecular weight excluding hydrogens is 809 g/mol. The lowest BCUT2D eigenvalue weighted by molar-refractivity contribution is -0.137. The number of para-hydroxylation sites is 2. The largest absolute Gasteiger partial charge is 0.370 e. The molecule has 0 spiro atoms. The van der Waals surface area contributed by atoms with Gasteiger partial charge in [0.15, 0.2) is 5.96 Å². The number of nitrogens with zero attached hydrogens (tertiary/aromatic N) is 6. The number of hydrogen-bond acceptors (Lipinski definition) is 7. The molecule has 0 radical (unpaired) electrons. The summed E-state index contributed by atoms with van der Waals surface area (Å²) in [7, 11) is 0. The molecule has 1 atom stereocenters. The first-order valence-corrected chi connectivity index (χ1v) is 22.4. The van der Waals surface area contributed by atoms with Crippen LogP contribution in [0.15, 0.2) is 136 Å². The van der Waals surface area contributed by atoms with Crippen molar-refractivity contribution in [2.75, 3.05) is 39.3 Å². The Morgan fingerprint density at radius 2 is 1.19 bits per heavy atom. The normalized spacial score (nSPS) is 15.4. The summed E-state index contributed by atoms with van der Waals surface area (Å²) in [5.74, 6) is -0.683. The van der Waals surface area contributed by atoms with Gasteiger partial charge in [-0.25, -0.2) is 14.2 Å². The maximum atomic E-state index is 14.0. The minimum atomic E-state index is -0.886. The number of hydrogen-bond donors (Lipinski definition) is 4. The van der Waals surface area contributed by atoms with Gasteiger partial charge in [-0.3, -0.25) is 24.3 Å². The summed E-state index contributed by atoms with van der Waals surface area (Å²) in [6, 6.07) is 38.0. The van der Waals surface area contributed by atoms with Crippen LogP contribution in [0.2, 0.25) is 0 Å².